The van der Waals surface area contributed by atoms with Gasteiger partial charge >= 0.3 is 5.97 Å². The molecule has 0 fully saturated rings. The van der Waals surface area contributed by atoms with Crippen LogP contribution < -0.4 is 5.32 Å². The Hall–Kier alpha value is -2.84. The van der Waals surface area contributed by atoms with E-state index in [1.807, 2.05) is 13.0 Å². The number of amides is 1. The van der Waals surface area contributed by atoms with Crippen LogP contribution in [0.15, 0.2) is 36.5 Å². The van der Waals surface area contributed by atoms with Crippen LogP contribution in [0.25, 0.3) is 0 Å². The zero-order valence-electron chi connectivity index (χ0n) is 14.9. The predicted octanol–water partition coefficient (Wildman–Crippen LogP) is 3.47. The molecule has 0 saturated carbocycles. The number of carbonyl (C=O) groups excluding carboxylic acids is 1. The monoisotopic (exact) mass is 421 g/mol. The number of aromatic carboxylic acids is 1. The van der Waals surface area contributed by atoms with Gasteiger partial charge in [-0.15, -0.1) is 0 Å². The Balaban J connectivity index is 1.61. The maximum atomic E-state index is 12.2. The first-order valence-corrected chi connectivity index (χ1v) is 9.12. The number of hydrogen-bond donors (Lipinski definition) is 2. The number of benzene rings is 1. The minimum Gasteiger partial charge on any atom is -0.477 e. The molecule has 0 spiro atoms. The van der Waals surface area contributed by atoms with Gasteiger partial charge in [0, 0.05) is 24.4 Å². The van der Waals surface area contributed by atoms with Crippen LogP contribution in [-0.2, 0) is 17.9 Å². The lowest BCUT2D eigenvalue weighted by Gasteiger charge is -2.06. The van der Waals surface area contributed by atoms with Gasteiger partial charge in [-0.1, -0.05) is 29.3 Å². The Morgan fingerprint density at radius 1 is 1.14 bits per heavy atom. The second-order valence-electron chi connectivity index (χ2n) is 6.12. The summed E-state index contributed by atoms with van der Waals surface area (Å²) in [5.74, 6) is -0.956. The highest BCUT2D eigenvalue weighted by molar-refractivity contribution is 6.42. The molecular weight excluding hydrogens is 405 g/mol. The number of anilines is 1. The number of nitrogens with zero attached hydrogens (tertiary/aromatic N) is 4. The number of hydrogen-bond acceptors (Lipinski definition) is 4. The van der Waals surface area contributed by atoms with Crippen LogP contribution in [0.5, 0.6) is 0 Å². The SMILES string of the molecule is Cc1cc(NC(=O)CCn2nccc2C(=O)O)nn1Cc1ccc(Cl)c(Cl)c1. The molecule has 28 heavy (non-hydrogen) atoms. The lowest BCUT2D eigenvalue weighted by molar-refractivity contribution is -0.116. The van der Waals surface area contributed by atoms with Crippen LogP contribution in [0.3, 0.4) is 0 Å². The Labute approximate surface area is 170 Å². The molecule has 146 valence electrons. The highest BCUT2D eigenvalue weighted by Crippen LogP contribution is 2.23. The Bertz CT molecular complexity index is 1030. The van der Waals surface area contributed by atoms with Gasteiger partial charge in [-0.3, -0.25) is 14.2 Å². The van der Waals surface area contributed by atoms with E-state index in [0.29, 0.717) is 22.4 Å². The van der Waals surface area contributed by atoms with Crippen LogP contribution in [0.2, 0.25) is 10.0 Å². The zero-order valence-corrected chi connectivity index (χ0v) is 16.4. The summed E-state index contributed by atoms with van der Waals surface area (Å²) < 4.78 is 3.02. The van der Waals surface area contributed by atoms with E-state index < -0.39 is 5.97 Å². The molecule has 2 N–H and O–H groups in total. The van der Waals surface area contributed by atoms with Gasteiger partial charge in [-0.05, 0) is 30.7 Å². The number of aryl methyl sites for hydroxylation is 2. The van der Waals surface area contributed by atoms with E-state index in [1.54, 1.807) is 22.9 Å². The molecule has 10 heteroatoms. The Morgan fingerprint density at radius 3 is 2.64 bits per heavy atom. The number of carboxylic acid groups (broad SMARTS) is 1. The molecule has 2 heterocycles. The van der Waals surface area contributed by atoms with E-state index in [-0.39, 0.29) is 24.6 Å². The normalized spacial score (nSPS) is 10.8. The van der Waals surface area contributed by atoms with Crippen molar-refractivity contribution in [3.8, 4) is 0 Å². The van der Waals surface area contributed by atoms with Crippen LogP contribution in [0, 0.1) is 6.92 Å². The molecule has 0 saturated heterocycles. The average molecular weight is 422 g/mol. The highest BCUT2D eigenvalue weighted by Gasteiger charge is 2.13. The summed E-state index contributed by atoms with van der Waals surface area (Å²) in [6.07, 6.45) is 1.45. The fraction of sp³-hybridized carbons (Fsp3) is 0.222. The zero-order chi connectivity index (χ0) is 20.3. The Kier molecular flexibility index (Phi) is 6.01. The van der Waals surface area contributed by atoms with Crippen molar-refractivity contribution in [2.24, 2.45) is 0 Å². The van der Waals surface area contributed by atoms with E-state index in [2.05, 4.69) is 15.5 Å². The molecule has 1 aromatic carbocycles. The number of carbonyl (C=O) groups is 2. The van der Waals surface area contributed by atoms with Crippen molar-refractivity contribution in [2.45, 2.75) is 26.4 Å². The third kappa shape index (κ3) is 4.71. The summed E-state index contributed by atoms with van der Waals surface area (Å²) in [4.78, 5) is 23.2. The molecule has 0 bridgehead atoms. The molecular formula is C18H17Cl2N5O3. The molecule has 0 aliphatic heterocycles. The molecule has 0 unspecified atom stereocenters. The largest absolute Gasteiger partial charge is 0.477 e. The van der Waals surface area contributed by atoms with Gasteiger partial charge in [-0.25, -0.2) is 4.79 Å². The molecule has 3 rings (SSSR count). The fourth-order valence-corrected chi connectivity index (χ4v) is 2.97. The summed E-state index contributed by atoms with van der Waals surface area (Å²) in [6, 6.07) is 8.49. The first-order valence-electron chi connectivity index (χ1n) is 8.37. The molecule has 1 amide bonds. The summed E-state index contributed by atoms with van der Waals surface area (Å²) in [5, 5.41) is 21.0. The summed E-state index contributed by atoms with van der Waals surface area (Å²) in [7, 11) is 0. The number of carboxylic acids is 1. The predicted molar refractivity (Wildman–Crippen MR) is 105 cm³/mol. The summed E-state index contributed by atoms with van der Waals surface area (Å²) in [5.41, 5.74) is 1.83. The summed E-state index contributed by atoms with van der Waals surface area (Å²) >= 11 is 12.0. The number of nitrogens with one attached hydrogen (secondary N) is 1. The first-order chi connectivity index (χ1) is 13.3. The van der Waals surface area contributed by atoms with Gasteiger partial charge < -0.3 is 10.4 Å². The van der Waals surface area contributed by atoms with Crippen molar-refractivity contribution in [2.75, 3.05) is 5.32 Å². The van der Waals surface area contributed by atoms with Crippen molar-refractivity contribution in [1.82, 2.24) is 19.6 Å². The smallest absolute Gasteiger partial charge is 0.354 e. The molecule has 0 radical (unpaired) electrons. The standard InChI is InChI=1S/C18H17Cl2N5O3/c1-11-8-16(23-25(11)10-12-2-3-13(19)14(20)9-12)22-17(26)5-7-24-15(18(27)28)4-6-21-24/h2-4,6,8-9H,5,7,10H2,1H3,(H,27,28)(H,22,23,26). The molecule has 2 aromatic heterocycles. The maximum Gasteiger partial charge on any atom is 0.354 e. The van der Waals surface area contributed by atoms with Crippen molar-refractivity contribution in [1.29, 1.82) is 0 Å². The lowest BCUT2D eigenvalue weighted by atomic mass is 10.2. The number of aromatic nitrogens is 4. The third-order valence-corrected chi connectivity index (χ3v) is 4.79. The van der Waals surface area contributed by atoms with Crippen LogP contribution in [-0.4, -0.2) is 36.5 Å². The third-order valence-electron chi connectivity index (χ3n) is 4.05. The van der Waals surface area contributed by atoms with Crippen LogP contribution >= 0.6 is 23.2 Å². The minimum absolute atomic E-state index is 0.0366. The van der Waals surface area contributed by atoms with Gasteiger partial charge in [0.25, 0.3) is 0 Å². The van der Waals surface area contributed by atoms with Crippen LogP contribution in [0.1, 0.15) is 28.2 Å². The molecule has 3 aromatic rings. The Morgan fingerprint density at radius 2 is 1.93 bits per heavy atom. The van der Waals surface area contributed by atoms with Gasteiger partial charge in [-0.2, -0.15) is 10.2 Å². The second-order valence-corrected chi connectivity index (χ2v) is 6.93. The highest BCUT2D eigenvalue weighted by atomic mass is 35.5. The van der Waals surface area contributed by atoms with E-state index in [0.717, 1.165) is 11.3 Å². The first kappa shape index (κ1) is 19.9. The summed E-state index contributed by atoms with van der Waals surface area (Å²) in [6.45, 7) is 2.51. The van der Waals surface area contributed by atoms with Crippen LogP contribution in [0.4, 0.5) is 5.82 Å². The van der Waals surface area contributed by atoms with Gasteiger partial charge in [0.2, 0.25) is 5.91 Å². The molecule has 0 atom stereocenters. The van der Waals surface area contributed by atoms with Crippen molar-refractivity contribution in [3.63, 3.8) is 0 Å². The maximum absolute atomic E-state index is 12.2. The molecule has 8 nitrogen and oxygen atoms in total. The fourth-order valence-electron chi connectivity index (χ4n) is 2.65. The average Bonchev–Trinajstić information content (AvgIpc) is 3.23. The van der Waals surface area contributed by atoms with E-state index >= 15 is 0 Å². The minimum atomic E-state index is -1.09. The topological polar surface area (TPSA) is 102 Å². The van der Waals surface area contributed by atoms with Crippen molar-refractivity contribution < 1.29 is 14.7 Å². The van der Waals surface area contributed by atoms with Gasteiger partial charge in [0.05, 0.1) is 23.1 Å². The number of rotatable bonds is 7. The van der Waals surface area contributed by atoms with E-state index in [1.165, 1.54) is 16.9 Å². The van der Waals surface area contributed by atoms with E-state index in [4.69, 9.17) is 28.3 Å². The number of halogens is 2. The molecule has 0 aliphatic carbocycles. The van der Waals surface area contributed by atoms with Crippen molar-refractivity contribution in [3.05, 3.63) is 63.5 Å². The van der Waals surface area contributed by atoms with Gasteiger partial charge in [0.15, 0.2) is 5.82 Å². The second kappa shape index (κ2) is 8.45. The quantitative estimate of drug-likeness (QED) is 0.607. The van der Waals surface area contributed by atoms with E-state index in [9.17, 15) is 9.59 Å². The lowest BCUT2D eigenvalue weighted by Crippen LogP contribution is -2.17. The van der Waals surface area contributed by atoms with Crippen molar-refractivity contribution >= 4 is 40.9 Å². The molecule has 0 aliphatic rings. The van der Waals surface area contributed by atoms with Gasteiger partial charge in [0.1, 0.15) is 5.69 Å².